The fourth-order valence-electron chi connectivity index (χ4n) is 2.32. The van der Waals surface area contributed by atoms with Crippen LogP contribution in [0.25, 0.3) is 0 Å². The third kappa shape index (κ3) is 6.62. The molecular formula is C20H20BrN3O4. The van der Waals surface area contributed by atoms with Crippen molar-refractivity contribution in [2.75, 3.05) is 0 Å². The van der Waals surface area contributed by atoms with Crippen LogP contribution in [0, 0.1) is 0 Å². The van der Waals surface area contributed by atoms with Crippen molar-refractivity contribution in [3.05, 3.63) is 70.2 Å². The predicted octanol–water partition coefficient (Wildman–Crippen LogP) is 2.38. The van der Waals surface area contributed by atoms with E-state index in [4.69, 9.17) is 0 Å². The van der Waals surface area contributed by atoms with E-state index >= 15 is 0 Å². The molecule has 0 bridgehead atoms. The number of carbonyl (C=O) groups is 4. The van der Waals surface area contributed by atoms with Crippen molar-refractivity contribution in [3.63, 3.8) is 0 Å². The molecule has 0 unspecified atom stereocenters. The summed E-state index contributed by atoms with van der Waals surface area (Å²) in [6.07, 6.45) is -0.231. The van der Waals surface area contributed by atoms with Gasteiger partial charge in [0.15, 0.2) is 5.78 Å². The Kier molecular flexibility index (Phi) is 7.88. The van der Waals surface area contributed by atoms with E-state index < -0.39 is 23.8 Å². The number of Topliss-reactive ketones (excluding diaryl/α,β-unsaturated/α-hetero) is 1. The van der Waals surface area contributed by atoms with Crippen LogP contribution in [0.5, 0.6) is 0 Å². The first-order chi connectivity index (χ1) is 13.4. The average molecular weight is 446 g/mol. The molecule has 3 amide bonds. The molecule has 2 aromatic carbocycles. The van der Waals surface area contributed by atoms with E-state index in [2.05, 4.69) is 32.1 Å². The van der Waals surface area contributed by atoms with Gasteiger partial charge < -0.3 is 5.32 Å². The average Bonchev–Trinajstić information content (AvgIpc) is 2.71. The van der Waals surface area contributed by atoms with Crippen LogP contribution >= 0.6 is 15.9 Å². The maximum absolute atomic E-state index is 12.3. The molecule has 0 radical (unpaired) electrons. The van der Waals surface area contributed by atoms with Crippen molar-refractivity contribution in [1.29, 1.82) is 0 Å². The van der Waals surface area contributed by atoms with Gasteiger partial charge >= 0.3 is 0 Å². The highest BCUT2D eigenvalue weighted by molar-refractivity contribution is 9.10. The number of hydrazine groups is 1. The molecule has 0 saturated carbocycles. The van der Waals surface area contributed by atoms with Crippen molar-refractivity contribution < 1.29 is 19.2 Å². The molecule has 2 aromatic rings. The number of halogens is 1. The third-order valence-electron chi connectivity index (χ3n) is 3.83. The van der Waals surface area contributed by atoms with Crippen molar-refractivity contribution in [3.8, 4) is 0 Å². The van der Waals surface area contributed by atoms with Gasteiger partial charge in [0.25, 0.3) is 5.91 Å². The van der Waals surface area contributed by atoms with Gasteiger partial charge in [0.1, 0.15) is 0 Å². The molecule has 146 valence electrons. The number of benzene rings is 2. The predicted molar refractivity (Wildman–Crippen MR) is 107 cm³/mol. The van der Waals surface area contributed by atoms with Gasteiger partial charge in [0, 0.05) is 28.4 Å². The second kappa shape index (κ2) is 10.4. The second-order valence-electron chi connectivity index (χ2n) is 6.03. The zero-order chi connectivity index (χ0) is 20.5. The van der Waals surface area contributed by atoms with Gasteiger partial charge in [0.05, 0.1) is 6.04 Å². The van der Waals surface area contributed by atoms with Gasteiger partial charge in [-0.2, -0.15) is 0 Å². The lowest BCUT2D eigenvalue weighted by Crippen LogP contribution is -2.42. The summed E-state index contributed by atoms with van der Waals surface area (Å²) in [5.74, 6) is -1.61. The Labute approximate surface area is 171 Å². The van der Waals surface area contributed by atoms with Crippen LogP contribution in [0.2, 0.25) is 0 Å². The molecule has 0 spiro atoms. The molecule has 8 heteroatoms. The molecule has 0 aliphatic heterocycles. The molecule has 0 aromatic heterocycles. The maximum Gasteiger partial charge on any atom is 0.269 e. The van der Waals surface area contributed by atoms with Crippen molar-refractivity contribution in [2.45, 2.75) is 25.8 Å². The molecule has 0 aliphatic carbocycles. The summed E-state index contributed by atoms with van der Waals surface area (Å²) in [4.78, 5) is 47.9. The number of amides is 3. The summed E-state index contributed by atoms with van der Waals surface area (Å²) in [5, 5.41) is 2.57. The summed E-state index contributed by atoms with van der Waals surface area (Å²) in [7, 11) is 0. The van der Waals surface area contributed by atoms with E-state index in [1.807, 2.05) is 0 Å². The molecule has 0 heterocycles. The van der Waals surface area contributed by atoms with E-state index in [1.165, 1.54) is 0 Å². The highest BCUT2D eigenvalue weighted by atomic mass is 79.9. The van der Waals surface area contributed by atoms with Crippen molar-refractivity contribution in [1.82, 2.24) is 16.2 Å². The van der Waals surface area contributed by atoms with E-state index in [1.54, 1.807) is 61.5 Å². The first kappa shape index (κ1) is 21.3. The highest BCUT2D eigenvalue weighted by Crippen LogP contribution is 2.12. The Morgan fingerprint density at radius 1 is 0.821 bits per heavy atom. The Balaban J connectivity index is 1.72. The van der Waals surface area contributed by atoms with Crippen LogP contribution < -0.4 is 16.2 Å². The smallest absolute Gasteiger partial charge is 0.269 e. The van der Waals surface area contributed by atoms with Gasteiger partial charge in [-0.25, -0.2) is 0 Å². The lowest BCUT2D eigenvalue weighted by atomic mass is 10.1. The summed E-state index contributed by atoms with van der Waals surface area (Å²) >= 11 is 3.30. The van der Waals surface area contributed by atoms with Crippen LogP contribution in [-0.2, 0) is 9.59 Å². The lowest BCUT2D eigenvalue weighted by Gasteiger charge is -2.13. The minimum atomic E-state index is -0.713. The molecule has 3 N–H and O–H groups in total. The fourth-order valence-corrected chi connectivity index (χ4v) is 2.59. The third-order valence-corrected chi connectivity index (χ3v) is 4.36. The number of carbonyl (C=O) groups excluding carboxylic acids is 4. The van der Waals surface area contributed by atoms with Gasteiger partial charge in [0.2, 0.25) is 11.8 Å². The number of hydrogen-bond acceptors (Lipinski definition) is 4. The quantitative estimate of drug-likeness (QED) is 0.449. The van der Waals surface area contributed by atoms with Crippen molar-refractivity contribution in [2.24, 2.45) is 0 Å². The summed E-state index contributed by atoms with van der Waals surface area (Å²) in [5.41, 5.74) is 5.42. The molecule has 0 fully saturated rings. The number of hydrogen-bond donors (Lipinski definition) is 3. The summed E-state index contributed by atoms with van der Waals surface area (Å²) in [6.45, 7) is 1.59. The number of ketones is 1. The first-order valence-corrected chi connectivity index (χ1v) is 9.39. The Bertz CT molecular complexity index is 854. The largest absolute Gasteiger partial charge is 0.346 e. The Morgan fingerprint density at radius 3 is 2.07 bits per heavy atom. The van der Waals surface area contributed by atoms with Gasteiger partial charge in [-0.3, -0.25) is 30.0 Å². The minimum Gasteiger partial charge on any atom is -0.346 e. The molecule has 28 heavy (non-hydrogen) atoms. The zero-order valence-electron chi connectivity index (χ0n) is 15.2. The monoisotopic (exact) mass is 445 g/mol. The fraction of sp³-hybridized carbons (Fsp3) is 0.200. The lowest BCUT2D eigenvalue weighted by molar-refractivity contribution is -0.127. The Hall–Kier alpha value is -3.00. The van der Waals surface area contributed by atoms with Crippen LogP contribution in [0.1, 0.15) is 40.5 Å². The summed E-state index contributed by atoms with van der Waals surface area (Å²) in [6, 6.07) is 14.5. The van der Waals surface area contributed by atoms with Crippen LogP contribution in [-0.4, -0.2) is 29.5 Å². The molecule has 7 nitrogen and oxygen atoms in total. The number of rotatable bonds is 7. The highest BCUT2D eigenvalue weighted by Gasteiger charge is 2.18. The normalized spacial score (nSPS) is 11.2. The minimum absolute atomic E-state index is 0.106. The van der Waals surface area contributed by atoms with Crippen molar-refractivity contribution >= 4 is 39.4 Å². The zero-order valence-corrected chi connectivity index (χ0v) is 16.8. The standard InChI is InChI=1S/C20H20BrN3O4/c1-13(19(27)14-7-9-16(21)10-8-14)22-17(25)11-12-18(26)23-24-20(28)15-5-3-2-4-6-15/h2-10,13H,11-12H2,1H3,(H,22,25)(H,23,26)(H,24,28)/t13-/m1/s1. The van der Waals surface area contributed by atoms with Crippen LogP contribution in [0.4, 0.5) is 0 Å². The summed E-state index contributed by atoms with van der Waals surface area (Å²) < 4.78 is 0.853. The molecular weight excluding hydrogens is 426 g/mol. The molecule has 0 saturated heterocycles. The Morgan fingerprint density at radius 2 is 1.43 bits per heavy atom. The molecule has 2 rings (SSSR count). The van der Waals surface area contributed by atoms with E-state index in [-0.39, 0.29) is 18.6 Å². The second-order valence-corrected chi connectivity index (χ2v) is 6.94. The van der Waals surface area contributed by atoms with Gasteiger partial charge in [-0.15, -0.1) is 0 Å². The topological polar surface area (TPSA) is 104 Å². The molecule has 0 aliphatic rings. The van der Waals surface area contributed by atoms with Crippen LogP contribution in [0.3, 0.4) is 0 Å². The van der Waals surface area contributed by atoms with Crippen LogP contribution in [0.15, 0.2) is 59.1 Å². The molecule has 1 atom stereocenters. The van der Waals surface area contributed by atoms with E-state index in [0.29, 0.717) is 11.1 Å². The SMILES string of the molecule is C[C@@H](NC(=O)CCC(=O)NNC(=O)c1ccccc1)C(=O)c1ccc(Br)cc1. The maximum atomic E-state index is 12.3. The van der Waals surface area contributed by atoms with Gasteiger partial charge in [-0.1, -0.05) is 46.3 Å². The van der Waals surface area contributed by atoms with E-state index in [0.717, 1.165) is 4.47 Å². The van der Waals surface area contributed by atoms with Gasteiger partial charge in [-0.05, 0) is 31.2 Å². The first-order valence-electron chi connectivity index (χ1n) is 8.60. The number of nitrogens with one attached hydrogen (secondary N) is 3. The van der Waals surface area contributed by atoms with E-state index in [9.17, 15) is 19.2 Å².